The molecule has 0 bridgehead atoms. The molecule has 0 unspecified atom stereocenters. The van der Waals surface area contributed by atoms with Crippen molar-refractivity contribution in [2.24, 2.45) is 17.8 Å². The number of benzene rings is 1. The Morgan fingerprint density at radius 2 is 1.88 bits per heavy atom. The van der Waals surface area contributed by atoms with Crippen molar-refractivity contribution in [1.29, 1.82) is 0 Å². The third-order valence-electron chi connectivity index (χ3n) is 7.76. The lowest BCUT2D eigenvalue weighted by Crippen LogP contribution is -2.47. The molecule has 2 aliphatic carbocycles. The van der Waals surface area contributed by atoms with Gasteiger partial charge in [0.25, 0.3) is 5.91 Å². The zero-order chi connectivity index (χ0) is 24.2. The number of nitrogens with zero attached hydrogens (tertiary/aromatic N) is 2. The zero-order valence-corrected chi connectivity index (χ0v) is 21.2. The maximum Gasteiger partial charge on any atom is 0.257 e. The van der Waals surface area contributed by atoms with Crippen LogP contribution in [0.25, 0.3) is 0 Å². The molecule has 2 amide bonds. The first-order valence-corrected chi connectivity index (χ1v) is 13.0. The number of rotatable bonds is 5. The van der Waals surface area contributed by atoms with Gasteiger partial charge < -0.3 is 19.7 Å². The van der Waals surface area contributed by atoms with Crippen molar-refractivity contribution in [2.45, 2.75) is 64.5 Å². The Morgan fingerprint density at radius 1 is 1.15 bits per heavy atom. The predicted molar refractivity (Wildman–Crippen MR) is 133 cm³/mol. The van der Waals surface area contributed by atoms with E-state index in [-0.39, 0.29) is 35.8 Å². The highest BCUT2D eigenvalue weighted by Gasteiger charge is 2.31. The molecular weight excluding hydrogens is 430 g/mol. The summed E-state index contributed by atoms with van der Waals surface area (Å²) in [5, 5.41) is 2.98. The Kier molecular flexibility index (Phi) is 8.14. The molecule has 34 heavy (non-hydrogen) atoms. The highest BCUT2D eigenvalue weighted by molar-refractivity contribution is 5.99. The lowest BCUT2D eigenvalue weighted by Gasteiger charge is -2.37. The minimum absolute atomic E-state index is 0.0459. The van der Waals surface area contributed by atoms with Crippen LogP contribution >= 0.6 is 0 Å². The molecule has 3 aliphatic rings. The fourth-order valence-electron chi connectivity index (χ4n) is 5.29. The fourth-order valence-corrected chi connectivity index (χ4v) is 5.29. The van der Waals surface area contributed by atoms with Crippen molar-refractivity contribution in [2.75, 3.05) is 45.7 Å². The van der Waals surface area contributed by atoms with Crippen LogP contribution in [0.15, 0.2) is 18.2 Å². The Morgan fingerprint density at radius 3 is 2.56 bits per heavy atom. The number of carbonyl (C=O) groups is 2. The first-order valence-electron chi connectivity index (χ1n) is 13.0. The molecule has 2 fully saturated rings. The predicted octanol–water partition coefficient (Wildman–Crippen LogP) is 4.03. The first-order chi connectivity index (χ1) is 16.4. The van der Waals surface area contributed by atoms with E-state index in [0.29, 0.717) is 30.2 Å². The molecular formula is C27H41N3O4. The molecule has 0 aromatic heterocycles. The molecule has 0 saturated heterocycles. The minimum Gasteiger partial charge on any atom is -0.491 e. The molecule has 2 saturated carbocycles. The third kappa shape index (κ3) is 6.11. The van der Waals surface area contributed by atoms with Crippen LogP contribution in [0.2, 0.25) is 0 Å². The van der Waals surface area contributed by atoms with E-state index >= 15 is 0 Å². The van der Waals surface area contributed by atoms with Gasteiger partial charge in [0.1, 0.15) is 12.4 Å². The summed E-state index contributed by atoms with van der Waals surface area (Å²) in [5.74, 6) is 1.62. The molecule has 1 aliphatic heterocycles. The van der Waals surface area contributed by atoms with Crippen LogP contribution < -0.4 is 10.1 Å². The Balaban J connectivity index is 1.59. The maximum atomic E-state index is 13.3. The molecule has 1 aromatic carbocycles. The normalized spacial score (nSPS) is 27.5. The van der Waals surface area contributed by atoms with Crippen LogP contribution in [0.3, 0.4) is 0 Å². The van der Waals surface area contributed by atoms with Gasteiger partial charge in [-0.2, -0.15) is 0 Å². The van der Waals surface area contributed by atoms with Gasteiger partial charge >= 0.3 is 0 Å². The number of hydrogen-bond donors (Lipinski definition) is 1. The second-order valence-electron chi connectivity index (χ2n) is 10.7. The summed E-state index contributed by atoms with van der Waals surface area (Å²) >= 11 is 0. The summed E-state index contributed by atoms with van der Waals surface area (Å²) in [4.78, 5) is 29.9. The summed E-state index contributed by atoms with van der Waals surface area (Å²) in [6, 6.07) is 5.57. The van der Waals surface area contributed by atoms with E-state index < -0.39 is 0 Å². The van der Waals surface area contributed by atoms with Gasteiger partial charge in [0.2, 0.25) is 5.91 Å². The van der Waals surface area contributed by atoms with Crippen molar-refractivity contribution >= 4 is 17.5 Å². The molecule has 1 N–H and O–H groups in total. The van der Waals surface area contributed by atoms with E-state index in [2.05, 4.69) is 24.1 Å². The van der Waals surface area contributed by atoms with Gasteiger partial charge in [-0.3, -0.25) is 14.5 Å². The molecule has 0 radical (unpaired) electrons. The van der Waals surface area contributed by atoms with E-state index in [1.54, 1.807) is 30.2 Å². The highest BCUT2D eigenvalue weighted by atomic mass is 16.5. The largest absolute Gasteiger partial charge is 0.491 e. The summed E-state index contributed by atoms with van der Waals surface area (Å²) in [6.45, 7) is 7.41. The van der Waals surface area contributed by atoms with Crippen LogP contribution in [0, 0.1) is 17.8 Å². The van der Waals surface area contributed by atoms with Crippen molar-refractivity contribution in [1.82, 2.24) is 9.80 Å². The van der Waals surface area contributed by atoms with E-state index in [1.165, 1.54) is 25.7 Å². The van der Waals surface area contributed by atoms with Crippen LogP contribution in [-0.2, 0) is 9.53 Å². The van der Waals surface area contributed by atoms with Crippen LogP contribution in [0.5, 0.6) is 5.75 Å². The standard InChI is InChI=1S/C27H41N3O4/c1-18-14-30(15-20-7-5-6-8-20)19(2)17-34-24-13-22(28-26(31)21-9-10-21)11-12-23(24)27(32)29(3)16-25(18)33-4/h11-13,18-21,25H,5-10,14-17H2,1-4H3,(H,28,31)/t18-,19-,25-/m0/s1. The Bertz CT molecular complexity index is 865. The SMILES string of the molecule is CO[C@H]1CN(C)C(=O)c2ccc(NC(=O)C3CC3)cc2OC[C@H](C)N(CC2CCCC2)C[C@@H]1C. The Labute approximate surface area is 204 Å². The minimum atomic E-state index is -0.0969. The van der Waals surface area contributed by atoms with Crippen LogP contribution in [0.4, 0.5) is 5.69 Å². The van der Waals surface area contributed by atoms with E-state index in [9.17, 15) is 9.59 Å². The van der Waals surface area contributed by atoms with Gasteiger partial charge in [-0.05, 0) is 56.6 Å². The monoisotopic (exact) mass is 471 g/mol. The topological polar surface area (TPSA) is 71.1 Å². The number of ether oxygens (including phenoxy) is 2. The van der Waals surface area contributed by atoms with Crippen molar-refractivity contribution in [3.05, 3.63) is 23.8 Å². The summed E-state index contributed by atoms with van der Waals surface area (Å²) < 4.78 is 12.2. The number of likely N-dealkylation sites (N-methyl/N-ethyl adjacent to an activating group) is 1. The van der Waals surface area contributed by atoms with E-state index in [4.69, 9.17) is 9.47 Å². The van der Waals surface area contributed by atoms with Crippen molar-refractivity contribution in [3.8, 4) is 5.75 Å². The number of amides is 2. The first kappa shape index (κ1) is 25.0. The van der Waals surface area contributed by atoms with Gasteiger partial charge in [-0.15, -0.1) is 0 Å². The maximum absolute atomic E-state index is 13.3. The molecule has 7 heteroatoms. The third-order valence-corrected chi connectivity index (χ3v) is 7.76. The molecule has 1 aromatic rings. The van der Waals surface area contributed by atoms with Crippen molar-refractivity contribution < 1.29 is 19.1 Å². The molecule has 4 rings (SSSR count). The Hall–Kier alpha value is -2.12. The fraction of sp³-hybridized carbons (Fsp3) is 0.704. The average molecular weight is 472 g/mol. The van der Waals surface area contributed by atoms with Crippen LogP contribution in [0.1, 0.15) is 62.7 Å². The second kappa shape index (κ2) is 11.1. The summed E-state index contributed by atoms with van der Waals surface area (Å²) in [5.41, 5.74) is 1.20. The van der Waals surface area contributed by atoms with E-state index in [0.717, 1.165) is 31.8 Å². The average Bonchev–Trinajstić information content (AvgIpc) is 3.56. The molecule has 188 valence electrons. The van der Waals surface area contributed by atoms with Crippen molar-refractivity contribution in [3.63, 3.8) is 0 Å². The molecule has 1 heterocycles. The smallest absolute Gasteiger partial charge is 0.257 e. The molecule has 0 spiro atoms. The zero-order valence-electron chi connectivity index (χ0n) is 21.2. The number of nitrogens with one attached hydrogen (secondary N) is 1. The lowest BCUT2D eigenvalue weighted by molar-refractivity contribution is -0.117. The summed E-state index contributed by atoms with van der Waals surface area (Å²) in [6.07, 6.45) is 7.11. The molecule has 7 nitrogen and oxygen atoms in total. The number of anilines is 1. The highest BCUT2D eigenvalue weighted by Crippen LogP contribution is 2.32. The summed E-state index contributed by atoms with van der Waals surface area (Å²) in [7, 11) is 3.56. The number of fused-ring (bicyclic) bond motifs is 1. The van der Waals surface area contributed by atoms with Crippen LogP contribution in [-0.4, -0.2) is 74.2 Å². The van der Waals surface area contributed by atoms with Gasteiger partial charge in [-0.1, -0.05) is 19.8 Å². The van der Waals surface area contributed by atoms with Gasteiger partial charge in [0.05, 0.1) is 11.7 Å². The molecule has 3 atom stereocenters. The van der Waals surface area contributed by atoms with Gasteiger partial charge in [-0.25, -0.2) is 0 Å². The number of methoxy groups -OCH3 is 1. The quantitative estimate of drug-likeness (QED) is 0.702. The second-order valence-corrected chi connectivity index (χ2v) is 10.7. The van der Waals surface area contributed by atoms with Gasteiger partial charge in [0.15, 0.2) is 0 Å². The number of hydrogen-bond acceptors (Lipinski definition) is 5. The number of carbonyl (C=O) groups excluding carboxylic acids is 2. The lowest BCUT2D eigenvalue weighted by atomic mass is 9.99. The van der Waals surface area contributed by atoms with Gasteiger partial charge in [0, 0.05) is 57.5 Å². The van der Waals surface area contributed by atoms with E-state index in [1.807, 2.05) is 7.05 Å².